The van der Waals surface area contributed by atoms with Crippen LogP contribution >= 0.6 is 15.9 Å². The molecule has 1 aromatic rings. The first-order chi connectivity index (χ1) is 10.1. The number of carbonyl (C=O) groups is 1. The number of hydrogen-bond donors (Lipinski definition) is 0. The van der Waals surface area contributed by atoms with Gasteiger partial charge in [-0.25, -0.2) is 0 Å². The van der Waals surface area contributed by atoms with E-state index in [1.54, 1.807) is 0 Å². The second-order valence-electron chi connectivity index (χ2n) is 5.61. The number of Topliss-reactive ketones (excluding diaryl/α,β-unsaturated/α-hetero) is 1. The van der Waals surface area contributed by atoms with Crippen molar-refractivity contribution in [1.29, 1.82) is 0 Å². The summed E-state index contributed by atoms with van der Waals surface area (Å²) in [4.78, 5) is 14.6. The molecule has 0 unspecified atom stereocenters. The Hall–Kier alpha value is -0.670. The van der Waals surface area contributed by atoms with Crippen molar-refractivity contribution < 1.29 is 4.79 Å². The molecule has 1 aromatic carbocycles. The number of hydrogen-bond acceptors (Lipinski definition) is 2. The van der Waals surface area contributed by atoms with Crippen LogP contribution in [-0.2, 0) is 0 Å². The molecule has 0 aliphatic carbocycles. The van der Waals surface area contributed by atoms with E-state index >= 15 is 0 Å². The fourth-order valence-electron chi connectivity index (χ4n) is 2.53. The fraction of sp³-hybridized carbons (Fsp3) is 0.611. The van der Waals surface area contributed by atoms with Crippen LogP contribution in [-0.4, -0.2) is 30.3 Å². The highest BCUT2D eigenvalue weighted by Crippen LogP contribution is 2.14. The van der Waals surface area contributed by atoms with Crippen LogP contribution in [0.15, 0.2) is 28.7 Å². The second kappa shape index (κ2) is 10.1. The van der Waals surface area contributed by atoms with Crippen molar-refractivity contribution in [2.24, 2.45) is 5.92 Å². The maximum absolute atomic E-state index is 12.1. The lowest BCUT2D eigenvalue weighted by Crippen LogP contribution is -2.30. The van der Waals surface area contributed by atoms with Gasteiger partial charge in [0, 0.05) is 23.0 Å². The molecule has 3 heteroatoms. The summed E-state index contributed by atoms with van der Waals surface area (Å²) in [6.07, 6.45) is 4.07. The van der Waals surface area contributed by atoms with Crippen molar-refractivity contribution in [1.82, 2.24) is 4.90 Å². The van der Waals surface area contributed by atoms with Crippen LogP contribution in [0.1, 0.15) is 56.8 Å². The summed E-state index contributed by atoms with van der Waals surface area (Å²) in [5.41, 5.74) is 0.821. The lowest BCUT2D eigenvalue weighted by Gasteiger charge is -2.25. The zero-order chi connectivity index (χ0) is 15.7. The average molecular weight is 354 g/mol. The maximum Gasteiger partial charge on any atom is 0.162 e. The third-order valence-corrected chi connectivity index (χ3v) is 4.69. The number of carbonyl (C=O) groups excluding carboxylic acids is 1. The van der Waals surface area contributed by atoms with Crippen LogP contribution in [0.2, 0.25) is 0 Å². The lowest BCUT2D eigenvalue weighted by molar-refractivity contribution is 0.0973. The lowest BCUT2D eigenvalue weighted by atomic mass is 10.0. The second-order valence-corrected chi connectivity index (χ2v) is 6.53. The summed E-state index contributed by atoms with van der Waals surface area (Å²) in [5.74, 6) is 1.04. The minimum absolute atomic E-state index is 0.251. The maximum atomic E-state index is 12.1. The standard InChI is InChI=1S/C18H28BrNO/c1-4-15(5-2)14-20(6-3)13-7-8-18(21)16-9-11-17(19)12-10-16/h9-12,15H,4-8,13-14H2,1-3H3. The molecule has 0 saturated carbocycles. The van der Waals surface area contributed by atoms with E-state index in [-0.39, 0.29) is 5.78 Å². The molecule has 0 aromatic heterocycles. The molecule has 0 radical (unpaired) electrons. The molecular formula is C18H28BrNO. The number of nitrogens with zero attached hydrogens (tertiary/aromatic N) is 1. The number of halogens is 1. The SMILES string of the molecule is CCC(CC)CN(CC)CCCC(=O)c1ccc(Br)cc1. The van der Waals surface area contributed by atoms with E-state index in [2.05, 4.69) is 41.6 Å². The Morgan fingerprint density at radius 1 is 1.14 bits per heavy atom. The van der Waals surface area contributed by atoms with Gasteiger partial charge >= 0.3 is 0 Å². The third kappa shape index (κ3) is 6.75. The smallest absolute Gasteiger partial charge is 0.162 e. The molecule has 0 heterocycles. The number of benzene rings is 1. The summed E-state index contributed by atoms with van der Waals surface area (Å²) in [6.45, 7) is 9.99. The normalized spacial score (nSPS) is 11.3. The molecule has 0 bridgehead atoms. The molecule has 0 amide bonds. The van der Waals surface area contributed by atoms with Crippen LogP contribution in [0.3, 0.4) is 0 Å². The molecule has 118 valence electrons. The molecule has 0 saturated heterocycles. The van der Waals surface area contributed by atoms with Crippen molar-refractivity contribution in [2.45, 2.75) is 46.5 Å². The quantitative estimate of drug-likeness (QED) is 0.540. The van der Waals surface area contributed by atoms with Crippen LogP contribution in [0.5, 0.6) is 0 Å². The Labute approximate surface area is 138 Å². The van der Waals surface area contributed by atoms with Crippen molar-refractivity contribution in [2.75, 3.05) is 19.6 Å². The summed E-state index contributed by atoms with van der Waals surface area (Å²) < 4.78 is 1.02. The van der Waals surface area contributed by atoms with Gasteiger partial charge in [-0.05, 0) is 37.6 Å². The van der Waals surface area contributed by atoms with Gasteiger partial charge in [-0.1, -0.05) is 61.7 Å². The Bertz CT molecular complexity index is 412. The first-order valence-corrected chi connectivity index (χ1v) is 8.91. The van der Waals surface area contributed by atoms with Gasteiger partial charge in [0.1, 0.15) is 0 Å². The summed E-state index contributed by atoms with van der Waals surface area (Å²) in [6, 6.07) is 7.65. The van der Waals surface area contributed by atoms with E-state index in [9.17, 15) is 4.79 Å². The predicted molar refractivity (Wildman–Crippen MR) is 93.9 cm³/mol. The zero-order valence-electron chi connectivity index (χ0n) is 13.6. The third-order valence-electron chi connectivity index (χ3n) is 4.16. The van der Waals surface area contributed by atoms with Gasteiger partial charge in [-0.2, -0.15) is 0 Å². The van der Waals surface area contributed by atoms with Gasteiger partial charge in [0.25, 0.3) is 0 Å². The zero-order valence-corrected chi connectivity index (χ0v) is 15.2. The Morgan fingerprint density at radius 2 is 1.76 bits per heavy atom. The Morgan fingerprint density at radius 3 is 2.29 bits per heavy atom. The highest BCUT2D eigenvalue weighted by molar-refractivity contribution is 9.10. The topological polar surface area (TPSA) is 20.3 Å². The molecule has 0 aliphatic heterocycles. The van der Waals surface area contributed by atoms with E-state index in [0.717, 1.165) is 42.0 Å². The highest BCUT2D eigenvalue weighted by Gasteiger charge is 2.11. The van der Waals surface area contributed by atoms with Crippen molar-refractivity contribution >= 4 is 21.7 Å². The van der Waals surface area contributed by atoms with E-state index in [1.807, 2.05) is 24.3 Å². The van der Waals surface area contributed by atoms with Gasteiger partial charge in [0.2, 0.25) is 0 Å². The van der Waals surface area contributed by atoms with E-state index in [1.165, 1.54) is 12.8 Å². The van der Waals surface area contributed by atoms with Crippen LogP contribution < -0.4 is 0 Å². The first kappa shape index (κ1) is 18.4. The molecule has 21 heavy (non-hydrogen) atoms. The van der Waals surface area contributed by atoms with Gasteiger partial charge in [-0.15, -0.1) is 0 Å². The molecule has 2 nitrogen and oxygen atoms in total. The molecular weight excluding hydrogens is 326 g/mol. The monoisotopic (exact) mass is 353 g/mol. The molecule has 0 N–H and O–H groups in total. The predicted octanol–water partition coefficient (Wildman–Crippen LogP) is 5.17. The number of ketones is 1. The summed E-state index contributed by atoms with van der Waals surface area (Å²) >= 11 is 3.39. The minimum atomic E-state index is 0.251. The van der Waals surface area contributed by atoms with Crippen LogP contribution in [0.25, 0.3) is 0 Å². The Balaban J connectivity index is 2.36. The van der Waals surface area contributed by atoms with Crippen molar-refractivity contribution in [3.05, 3.63) is 34.3 Å². The fourth-order valence-corrected chi connectivity index (χ4v) is 2.80. The van der Waals surface area contributed by atoms with Crippen molar-refractivity contribution in [3.8, 4) is 0 Å². The van der Waals surface area contributed by atoms with Crippen molar-refractivity contribution in [3.63, 3.8) is 0 Å². The van der Waals surface area contributed by atoms with Gasteiger partial charge in [0.15, 0.2) is 5.78 Å². The Kier molecular flexibility index (Phi) is 8.86. The first-order valence-electron chi connectivity index (χ1n) is 8.11. The number of rotatable bonds is 10. The van der Waals surface area contributed by atoms with Gasteiger partial charge in [-0.3, -0.25) is 4.79 Å². The summed E-state index contributed by atoms with van der Waals surface area (Å²) in [5, 5.41) is 0. The minimum Gasteiger partial charge on any atom is -0.303 e. The van der Waals surface area contributed by atoms with E-state index in [4.69, 9.17) is 0 Å². The molecule has 0 atom stereocenters. The average Bonchev–Trinajstić information content (AvgIpc) is 2.51. The van der Waals surface area contributed by atoms with Crippen LogP contribution in [0, 0.1) is 5.92 Å². The highest BCUT2D eigenvalue weighted by atomic mass is 79.9. The molecule has 1 rings (SSSR count). The van der Waals surface area contributed by atoms with E-state index in [0.29, 0.717) is 6.42 Å². The molecule has 0 aliphatic rings. The molecule has 0 fully saturated rings. The van der Waals surface area contributed by atoms with Gasteiger partial charge in [0.05, 0.1) is 0 Å². The van der Waals surface area contributed by atoms with Gasteiger partial charge < -0.3 is 4.90 Å². The molecule has 0 spiro atoms. The summed E-state index contributed by atoms with van der Waals surface area (Å²) in [7, 11) is 0. The largest absolute Gasteiger partial charge is 0.303 e. The van der Waals surface area contributed by atoms with Crippen LogP contribution in [0.4, 0.5) is 0 Å². The van der Waals surface area contributed by atoms with E-state index < -0.39 is 0 Å².